The van der Waals surface area contributed by atoms with E-state index in [4.69, 9.17) is 11.6 Å². The van der Waals surface area contributed by atoms with Gasteiger partial charge in [0.1, 0.15) is 5.69 Å². The normalized spacial score (nSPS) is 11.4. The fourth-order valence-electron chi connectivity index (χ4n) is 2.53. The minimum absolute atomic E-state index is 0.0251. The molecular formula is C17H13BrClFN2O. The van der Waals surface area contributed by atoms with Crippen LogP contribution in [0.15, 0.2) is 45.7 Å². The Bertz CT molecular complexity index is 948. The van der Waals surface area contributed by atoms with Crippen LogP contribution in [-0.2, 0) is 0 Å². The molecule has 0 amide bonds. The number of para-hydroxylation sites is 1. The lowest BCUT2D eigenvalue weighted by atomic mass is 10.0. The van der Waals surface area contributed by atoms with Crippen molar-refractivity contribution in [2.24, 2.45) is 0 Å². The molecule has 118 valence electrons. The first-order valence-corrected chi connectivity index (χ1v) is 8.24. The third kappa shape index (κ3) is 2.68. The van der Waals surface area contributed by atoms with Gasteiger partial charge in [0.15, 0.2) is 5.82 Å². The van der Waals surface area contributed by atoms with Gasteiger partial charge in [-0.25, -0.2) is 4.39 Å². The Labute approximate surface area is 145 Å². The zero-order valence-corrected chi connectivity index (χ0v) is 14.8. The molecule has 0 fully saturated rings. The van der Waals surface area contributed by atoms with Crippen LogP contribution < -0.4 is 5.56 Å². The summed E-state index contributed by atoms with van der Waals surface area (Å²) < 4.78 is 16.1. The average molecular weight is 396 g/mol. The summed E-state index contributed by atoms with van der Waals surface area (Å²) in [6, 6.07) is 9.62. The fourth-order valence-corrected chi connectivity index (χ4v) is 3.34. The number of halogens is 3. The summed E-state index contributed by atoms with van der Waals surface area (Å²) in [5.74, 6) is -0.537. The van der Waals surface area contributed by atoms with Crippen molar-refractivity contribution in [3.63, 3.8) is 0 Å². The Morgan fingerprint density at radius 2 is 1.91 bits per heavy atom. The van der Waals surface area contributed by atoms with Gasteiger partial charge in [0.05, 0.1) is 16.1 Å². The van der Waals surface area contributed by atoms with E-state index in [1.165, 1.54) is 18.2 Å². The summed E-state index contributed by atoms with van der Waals surface area (Å²) in [5, 5.41) is 5.76. The highest BCUT2D eigenvalue weighted by molar-refractivity contribution is 9.10. The maximum Gasteiger partial charge on any atom is 0.279 e. The summed E-state index contributed by atoms with van der Waals surface area (Å²) in [7, 11) is 0. The highest BCUT2D eigenvalue weighted by atomic mass is 79.9. The molecule has 0 saturated carbocycles. The molecule has 0 bridgehead atoms. The number of rotatable bonds is 2. The van der Waals surface area contributed by atoms with Crippen molar-refractivity contribution >= 4 is 38.3 Å². The minimum atomic E-state index is -0.587. The van der Waals surface area contributed by atoms with Crippen LogP contribution in [0.1, 0.15) is 25.5 Å². The molecule has 3 rings (SSSR count). The Hall–Kier alpha value is -1.72. The topological polar surface area (TPSA) is 34.9 Å². The van der Waals surface area contributed by atoms with Crippen molar-refractivity contribution in [3.8, 4) is 5.69 Å². The van der Waals surface area contributed by atoms with Gasteiger partial charge in [0.2, 0.25) is 0 Å². The van der Waals surface area contributed by atoms with E-state index in [1.54, 1.807) is 12.1 Å². The van der Waals surface area contributed by atoms with Crippen LogP contribution in [0.5, 0.6) is 0 Å². The minimum Gasteiger partial charge on any atom is -0.267 e. The number of fused-ring (bicyclic) bond motifs is 1. The summed E-state index contributed by atoms with van der Waals surface area (Å²) >= 11 is 9.57. The van der Waals surface area contributed by atoms with Crippen molar-refractivity contribution in [1.29, 1.82) is 0 Å². The van der Waals surface area contributed by atoms with Gasteiger partial charge < -0.3 is 0 Å². The van der Waals surface area contributed by atoms with E-state index in [-0.39, 0.29) is 16.6 Å². The van der Waals surface area contributed by atoms with Gasteiger partial charge in [0.25, 0.3) is 5.56 Å². The summed E-state index contributed by atoms with van der Waals surface area (Å²) in [6.45, 7) is 3.94. The molecule has 23 heavy (non-hydrogen) atoms. The second-order valence-electron chi connectivity index (χ2n) is 5.49. The average Bonchev–Trinajstić information content (AvgIpc) is 2.49. The zero-order chi connectivity index (χ0) is 16.7. The molecule has 0 atom stereocenters. The van der Waals surface area contributed by atoms with Gasteiger partial charge in [-0.3, -0.25) is 4.79 Å². The SMILES string of the molecule is CC(C)c1nn(-c2c(F)cccc2Cl)c(=O)c2cccc(Br)c12. The zero-order valence-electron chi connectivity index (χ0n) is 12.5. The molecule has 0 N–H and O–H groups in total. The Kier molecular flexibility index (Phi) is 4.25. The van der Waals surface area contributed by atoms with Crippen molar-refractivity contribution in [2.75, 3.05) is 0 Å². The molecule has 0 aliphatic carbocycles. The summed E-state index contributed by atoms with van der Waals surface area (Å²) in [4.78, 5) is 12.8. The van der Waals surface area contributed by atoms with Crippen LogP contribution in [0, 0.1) is 5.82 Å². The second-order valence-corrected chi connectivity index (χ2v) is 6.75. The van der Waals surface area contributed by atoms with Gasteiger partial charge >= 0.3 is 0 Å². The van der Waals surface area contributed by atoms with E-state index in [0.29, 0.717) is 11.1 Å². The standard InChI is InChI=1S/C17H13BrClFN2O/c1-9(2)15-14-10(5-3-6-11(14)18)17(23)22(21-15)16-12(19)7-4-8-13(16)20/h3-9H,1-2H3. The molecule has 0 aliphatic rings. The van der Waals surface area contributed by atoms with Crippen LogP contribution in [0.3, 0.4) is 0 Å². The second kappa shape index (κ2) is 6.06. The quantitative estimate of drug-likeness (QED) is 0.607. The van der Waals surface area contributed by atoms with Crippen molar-refractivity contribution in [2.45, 2.75) is 19.8 Å². The summed E-state index contributed by atoms with van der Waals surface area (Å²) in [6.07, 6.45) is 0. The van der Waals surface area contributed by atoms with Gasteiger partial charge in [-0.1, -0.05) is 53.5 Å². The van der Waals surface area contributed by atoms with E-state index < -0.39 is 11.4 Å². The van der Waals surface area contributed by atoms with Crippen LogP contribution in [-0.4, -0.2) is 9.78 Å². The lowest BCUT2D eigenvalue weighted by Gasteiger charge is -2.15. The summed E-state index contributed by atoms with van der Waals surface area (Å²) in [5.41, 5.74) is 0.270. The molecule has 0 aliphatic heterocycles. The van der Waals surface area contributed by atoms with Crippen LogP contribution >= 0.6 is 27.5 Å². The van der Waals surface area contributed by atoms with E-state index in [2.05, 4.69) is 21.0 Å². The monoisotopic (exact) mass is 394 g/mol. The van der Waals surface area contributed by atoms with Crippen LogP contribution in [0.4, 0.5) is 4.39 Å². The first-order chi connectivity index (χ1) is 10.9. The molecule has 1 heterocycles. The Morgan fingerprint density at radius 3 is 2.57 bits per heavy atom. The van der Waals surface area contributed by atoms with Gasteiger partial charge in [-0.15, -0.1) is 0 Å². The van der Waals surface area contributed by atoms with Crippen molar-refractivity contribution in [1.82, 2.24) is 9.78 Å². The smallest absolute Gasteiger partial charge is 0.267 e. The third-order valence-electron chi connectivity index (χ3n) is 3.60. The molecule has 3 nitrogen and oxygen atoms in total. The van der Waals surface area contributed by atoms with E-state index >= 15 is 0 Å². The lowest BCUT2D eigenvalue weighted by Crippen LogP contribution is -2.25. The first kappa shape index (κ1) is 16.1. The maximum atomic E-state index is 14.2. The molecule has 3 aromatic rings. The number of benzene rings is 2. The number of nitrogens with zero attached hydrogens (tertiary/aromatic N) is 2. The molecule has 2 aromatic carbocycles. The van der Waals surface area contributed by atoms with Gasteiger partial charge in [-0.05, 0) is 30.2 Å². The fraction of sp³-hybridized carbons (Fsp3) is 0.176. The third-order valence-corrected chi connectivity index (χ3v) is 4.56. The predicted octanol–water partition coefficient (Wildman–Crippen LogP) is 5.06. The molecule has 1 aromatic heterocycles. The van der Waals surface area contributed by atoms with Crippen molar-refractivity contribution in [3.05, 3.63) is 67.8 Å². The van der Waals surface area contributed by atoms with E-state index in [9.17, 15) is 9.18 Å². The molecule has 0 saturated heterocycles. The molecule has 0 unspecified atom stereocenters. The van der Waals surface area contributed by atoms with Crippen LogP contribution in [0.25, 0.3) is 16.5 Å². The van der Waals surface area contributed by atoms with Crippen molar-refractivity contribution < 1.29 is 4.39 Å². The Morgan fingerprint density at radius 1 is 1.22 bits per heavy atom. The van der Waals surface area contributed by atoms with E-state index in [1.807, 2.05) is 19.9 Å². The maximum absolute atomic E-state index is 14.2. The number of hydrogen-bond donors (Lipinski definition) is 0. The molecule has 0 spiro atoms. The highest BCUT2D eigenvalue weighted by Gasteiger charge is 2.19. The number of aromatic nitrogens is 2. The predicted molar refractivity (Wildman–Crippen MR) is 94.1 cm³/mol. The Balaban J connectivity index is 2.50. The van der Waals surface area contributed by atoms with Gasteiger partial charge in [-0.2, -0.15) is 9.78 Å². The first-order valence-electron chi connectivity index (χ1n) is 7.07. The largest absolute Gasteiger partial charge is 0.279 e. The molecular weight excluding hydrogens is 383 g/mol. The molecule has 6 heteroatoms. The molecule has 0 radical (unpaired) electrons. The van der Waals surface area contributed by atoms with Gasteiger partial charge in [0, 0.05) is 9.86 Å². The van der Waals surface area contributed by atoms with E-state index in [0.717, 1.165) is 14.5 Å². The van der Waals surface area contributed by atoms with Crippen LogP contribution in [0.2, 0.25) is 5.02 Å². The number of hydrogen-bond acceptors (Lipinski definition) is 2. The highest BCUT2D eigenvalue weighted by Crippen LogP contribution is 2.30. The lowest BCUT2D eigenvalue weighted by molar-refractivity contribution is 0.602.